The third-order valence-electron chi connectivity index (χ3n) is 4.95. The van der Waals surface area contributed by atoms with Gasteiger partial charge in [-0.05, 0) is 49.9 Å². The number of aryl methyl sites for hydroxylation is 1. The molecule has 0 aromatic carbocycles. The van der Waals surface area contributed by atoms with Crippen molar-refractivity contribution in [3.8, 4) is 11.4 Å². The fourth-order valence-corrected chi connectivity index (χ4v) is 3.22. The molecule has 1 aliphatic heterocycles. The quantitative estimate of drug-likeness (QED) is 0.725. The molecule has 4 rings (SSSR count). The Morgan fingerprint density at radius 1 is 1.29 bits per heavy atom. The minimum Gasteiger partial charge on any atom is -0.465 e. The van der Waals surface area contributed by atoms with Gasteiger partial charge in [-0.2, -0.15) is 4.98 Å². The number of hydrogen-bond donors (Lipinski definition) is 1. The van der Waals surface area contributed by atoms with Crippen LogP contribution in [0.4, 0.5) is 5.82 Å². The Morgan fingerprint density at radius 2 is 2.11 bits per heavy atom. The fourth-order valence-electron chi connectivity index (χ4n) is 3.22. The summed E-state index contributed by atoms with van der Waals surface area (Å²) in [6.45, 7) is 6.37. The van der Waals surface area contributed by atoms with E-state index in [2.05, 4.69) is 32.3 Å². The number of nitrogens with zero attached hydrogens (tertiary/aromatic N) is 4. The molecular formula is C20H23N5O3. The molecule has 8 nitrogen and oxygen atoms in total. The van der Waals surface area contributed by atoms with Crippen molar-refractivity contribution >= 4 is 11.7 Å². The number of carbonyl (C=O) groups is 1. The topological polar surface area (TPSA) is 97.3 Å². The van der Waals surface area contributed by atoms with Gasteiger partial charge in [0.2, 0.25) is 5.82 Å². The second-order valence-corrected chi connectivity index (χ2v) is 7.19. The molecule has 4 heterocycles. The Balaban J connectivity index is 1.43. The van der Waals surface area contributed by atoms with Gasteiger partial charge in [0, 0.05) is 24.8 Å². The van der Waals surface area contributed by atoms with Crippen LogP contribution >= 0.6 is 0 Å². The van der Waals surface area contributed by atoms with Crippen LogP contribution in [0.25, 0.3) is 11.4 Å². The molecule has 3 aromatic rings. The maximum Gasteiger partial charge on any atom is 0.316 e. The van der Waals surface area contributed by atoms with Crippen molar-refractivity contribution in [2.24, 2.45) is 5.92 Å². The average Bonchev–Trinajstić information content (AvgIpc) is 3.36. The summed E-state index contributed by atoms with van der Waals surface area (Å²) < 4.78 is 10.6. The minimum atomic E-state index is -0.438. The van der Waals surface area contributed by atoms with E-state index in [9.17, 15) is 4.79 Å². The van der Waals surface area contributed by atoms with Gasteiger partial charge in [0.15, 0.2) is 0 Å². The lowest BCUT2D eigenvalue weighted by Crippen LogP contribution is -2.33. The Labute approximate surface area is 162 Å². The lowest BCUT2D eigenvalue weighted by Gasteiger charge is -2.31. The molecule has 0 spiro atoms. The highest BCUT2D eigenvalue weighted by Gasteiger charge is 2.20. The van der Waals surface area contributed by atoms with Crippen molar-refractivity contribution in [2.75, 3.05) is 18.0 Å². The van der Waals surface area contributed by atoms with Gasteiger partial charge in [-0.1, -0.05) is 12.1 Å². The first-order valence-corrected chi connectivity index (χ1v) is 9.47. The first-order valence-electron chi connectivity index (χ1n) is 9.47. The van der Waals surface area contributed by atoms with Gasteiger partial charge in [0.05, 0.1) is 6.54 Å². The molecule has 0 saturated carbocycles. The predicted molar refractivity (Wildman–Crippen MR) is 103 cm³/mol. The van der Waals surface area contributed by atoms with Gasteiger partial charge >= 0.3 is 11.8 Å². The van der Waals surface area contributed by atoms with Crippen molar-refractivity contribution in [3.63, 3.8) is 0 Å². The molecule has 28 heavy (non-hydrogen) atoms. The molecule has 0 unspecified atom stereocenters. The third-order valence-corrected chi connectivity index (χ3v) is 4.95. The van der Waals surface area contributed by atoms with E-state index in [0.29, 0.717) is 11.6 Å². The van der Waals surface area contributed by atoms with E-state index in [1.807, 2.05) is 31.2 Å². The first-order chi connectivity index (χ1) is 13.6. The molecule has 3 aromatic heterocycles. The first kappa shape index (κ1) is 18.2. The fraction of sp³-hybridized carbons (Fsp3) is 0.400. The molecular weight excluding hydrogens is 358 g/mol. The molecule has 1 amide bonds. The highest BCUT2D eigenvalue weighted by Crippen LogP contribution is 2.25. The van der Waals surface area contributed by atoms with E-state index in [1.54, 1.807) is 6.20 Å². The summed E-state index contributed by atoms with van der Waals surface area (Å²) in [6, 6.07) is 7.41. The Kier molecular flexibility index (Phi) is 5.10. The summed E-state index contributed by atoms with van der Waals surface area (Å²) in [6.07, 6.45) is 4.05. The van der Waals surface area contributed by atoms with Crippen LogP contribution in [0.5, 0.6) is 0 Å². The van der Waals surface area contributed by atoms with E-state index in [0.717, 1.165) is 49.0 Å². The molecule has 0 radical (unpaired) electrons. The molecule has 1 aliphatic rings. The SMILES string of the molecule is Cc1ccc(CNC(=O)c2nc(-c3ccnc(N4CCC(C)CC4)c3)no2)o1. The number of amides is 1. The summed E-state index contributed by atoms with van der Waals surface area (Å²) in [4.78, 5) is 23.2. The molecule has 146 valence electrons. The highest BCUT2D eigenvalue weighted by molar-refractivity contribution is 5.89. The lowest BCUT2D eigenvalue weighted by molar-refractivity contribution is 0.0904. The maximum atomic E-state index is 12.2. The Bertz CT molecular complexity index is 956. The second-order valence-electron chi connectivity index (χ2n) is 7.19. The van der Waals surface area contributed by atoms with E-state index < -0.39 is 5.91 Å². The van der Waals surface area contributed by atoms with Crippen molar-refractivity contribution in [1.29, 1.82) is 0 Å². The normalized spacial score (nSPS) is 15.0. The number of rotatable bonds is 5. The van der Waals surface area contributed by atoms with Crippen molar-refractivity contribution in [1.82, 2.24) is 20.4 Å². The largest absolute Gasteiger partial charge is 0.465 e. The molecule has 1 saturated heterocycles. The highest BCUT2D eigenvalue weighted by atomic mass is 16.5. The van der Waals surface area contributed by atoms with Crippen molar-refractivity contribution < 1.29 is 13.7 Å². The molecule has 1 N–H and O–H groups in total. The van der Waals surface area contributed by atoms with Crippen LogP contribution in [0.2, 0.25) is 0 Å². The molecule has 8 heteroatoms. The number of nitrogens with one attached hydrogen (secondary N) is 1. The minimum absolute atomic E-state index is 0.0802. The molecule has 1 fully saturated rings. The van der Waals surface area contributed by atoms with Gasteiger partial charge in [-0.15, -0.1) is 0 Å². The van der Waals surface area contributed by atoms with E-state index >= 15 is 0 Å². The summed E-state index contributed by atoms with van der Waals surface area (Å²) in [5, 5.41) is 6.66. The smallest absolute Gasteiger partial charge is 0.316 e. The third kappa shape index (κ3) is 4.05. The number of pyridine rings is 1. The molecule has 0 aliphatic carbocycles. The lowest BCUT2D eigenvalue weighted by atomic mass is 9.99. The zero-order chi connectivity index (χ0) is 19.5. The van der Waals surface area contributed by atoms with E-state index in [1.165, 1.54) is 0 Å². The van der Waals surface area contributed by atoms with Gasteiger partial charge in [-0.3, -0.25) is 4.79 Å². The zero-order valence-electron chi connectivity index (χ0n) is 16.0. The maximum absolute atomic E-state index is 12.2. The van der Waals surface area contributed by atoms with Gasteiger partial charge in [0.1, 0.15) is 17.3 Å². The van der Waals surface area contributed by atoms with Crippen molar-refractivity contribution in [3.05, 3.63) is 47.9 Å². The van der Waals surface area contributed by atoms with E-state index in [-0.39, 0.29) is 12.4 Å². The van der Waals surface area contributed by atoms with E-state index in [4.69, 9.17) is 8.94 Å². The number of hydrogen-bond acceptors (Lipinski definition) is 7. The monoisotopic (exact) mass is 381 g/mol. The van der Waals surface area contributed by atoms with Crippen LogP contribution in [0, 0.1) is 12.8 Å². The molecule has 0 atom stereocenters. The Hall–Kier alpha value is -3.16. The van der Waals surface area contributed by atoms with Crippen LogP contribution < -0.4 is 10.2 Å². The number of carbonyl (C=O) groups excluding carboxylic acids is 1. The summed E-state index contributed by atoms with van der Waals surface area (Å²) >= 11 is 0. The average molecular weight is 381 g/mol. The van der Waals surface area contributed by atoms with Crippen LogP contribution in [-0.2, 0) is 6.54 Å². The van der Waals surface area contributed by atoms with Crippen LogP contribution in [0.3, 0.4) is 0 Å². The summed E-state index contributed by atoms with van der Waals surface area (Å²) in [5.74, 6) is 2.96. The number of furan rings is 1. The predicted octanol–water partition coefficient (Wildman–Crippen LogP) is 3.20. The van der Waals surface area contributed by atoms with Crippen LogP contribution in [0.15, 0.2) is 39.4 Å². The van der Waals surface area contributed by atoms with Crippen molar-refractivity contribution in [2.45, 2.75) is 33.2 Å². The number of anilines is 1. The van der Waals surface area contributed by atoms with Gasteiger partial charge < -0.3 is 19.2 Å². The second kappa shape index (κ2) is 7.84. The van der Waals surface area contributed by atoms with Gasteiger partial charge in [-0.25, -0.2) is 4.98 Å². The summed E-state index contributed by atoms with van der Waals surface area (Å²) in [5.41, 5.74) is 0.771. The molecule has 0 bridgehead atoms. The van der Waals surface area contributed by atoms with Crippen LogP contribution in [-0.4, -0.2) is 34.1 Å². The Morgan fingerprint density at radius 3 is 2.86 bits per heavy atom. The zero-order valence-corrected chi connectivity index (χ0v) is 16.0. The number of aromatic nitrogens is 3. The number of piperidine rings is 1. The van der Waals surface area contributed by atoms with Crippen LogP contribution in [0.1, 0.15) is 42.0 Å². The standard InChI is InChI=1S/C20H23N5O3/c1-13-6-9-25(10-7-13)17-11-15(5-8-21-17)18-23-20(28-24-18)19(26)22-12-16-4-3-14(2)27-16/h3-5,8,11,13H,6-7,9-10,12H2,1-2H3,(H,22,26). The van der Waals surface area contributed by atoms with Gasteiger partial charge in [0.25, 0.3) is 0 Å². The summed E-state index contributed by atoms with van der Waals surface area (Å²) in [7, 11) is 0.